The summed E-state index contributed by atoms with van der Waals surface area (Å²) in [4.78, 5) is 16.0. The van der Waals surface area contributed by atoms with Gasteiger partial charge in [-0.25, -0.2) is 4.79 Å². The van der Waals surface area contributed by atoms with Crippen molar-refractivity contribution in [2.24, 2.45) is 4.99 Å². The van der Waals surface area contributed by atoms with Gasteiger partial charge in [0.25, 0.3) is 0 Å². The van der Waals surface area contributed by atoms with Crippen molar-refractivity contribution in [3.05, 3.63) is 36.1 Å². The fourth-order valence-corrected chi connectivity index (χ4v) is 1.64. The second kappa shape index (κ2) is 5.36. The van der Waals surface area contributed by atoms with Crippen molar-refractivity contribution in [1.82, 2.24) is 0 Å². The Kier molecular flexibility index (Phi) is 3.79. The summed E-state index contributed by atoms with van der Waals surface area (Å²) in [5.74, 6) is -0.333. The predicted octanol–water partition coefficient (Wildman–Crippen LogP) is 2.50. The van der Waals surface area contributed by atoms with Crippen molar-refractivity contribution in [2.45, 2.75) is 32.5 Å². The smallest absolute Gasteiger partial charge is 0.353 e. The van der Waals surface area contributed by atoms with E-state index in [4.69, 9.17) is 9.47 Å². The van der Waals surface area contributed by atoms with Gasteiger partial charge in [0.05, 0.1) is 6.21 Å². The molecule has 0 fully saturated rings. The lowest BCUT2D eigenvalue weighted by atomic mass is 10.1. The van der Waals surface area contributed by atoms with Gasteiger partial charge in [0.2, 0.25) is 6.10 Å². The van der Waals surface area contributed by atoms with Crippen LogP contribution in [0.1, 0.15) is 26.3 Å². The molecular weight excluding hydrogens is 258 g/mol. The van der Waals surface area contributed by atoms with Gasteiger partial charge in [0.1, 0.15) is 23.3 Å². The fourth-order valence-electron chi connectivity index (χ4n) is 1.64. The summed E-state index contributed by atoms with van der Waals surface area (Å²) in [6.45, 7) is 5.37. The van der Waals surface area contributed by atoms with Crippen LogP contribution in [-0.2, 0) is 14.3 Å². The third kappa shape index (κ3) is 3.60. The van der Waals surface area contributed by atoms with Gasteiger partial charge in [0, 0.05) is 5.56 Å². The van der Waals surface area contributed by atoms with E-state index in [0.29, 0.717) is 11.3 Å². The number of hydrogen-bond acceptors (Lipinski definition) is 5. The molecule has 5 nitrogen and oxygen atoms in total. The largest absolute Gasteiger partial charge is 0.508 e. The van der Waals surface area contributed by atoms with Crippen LogP contribution in [0.3, 0.4) is 0 Å². The maximum absolute atomic E-state index is 11.8. The number of carbonyl (C=O) groups excluding carboxylic acids is 1. The first-order chi connectivity index (χ1) is 9.35. The summed E-state index contributed by atoms with van der Waals surface area (Å²) in [6.07, 6.45) is 1.95. The lowest BCUT2D eigenvalue weighted by Gasteiger charge is -2.23. The molecule has 2 rings (SSSR count). The molecule has 1 aliphatic rings. The molecule has 0 saturated carbocycles. The molecule has 20 heavy (non-hydrogen) atoms. The van der Waals surface area contributed by atoms with E-state index >= 15 is 0 Å². The molecule has 1 unspecified atom stereocenters. The number of phenolic OH excluding ortho intramolecular Hbond substituents is 1. The molecule has 1 aromatic carbocycles. The maximum Gasteiger partial charge on any atom is 0.353 e. The molecule has 1 aromatic rings. The average Bonchev–Trinajstić information content (AvgIpc) is 2.37. The van der Waals surface area contributed by atoms with E-state index in [-0.39, 0.29) is 5.75 Å². The minimum absolute atomic E-state index is 0.146. The first kappa shape index (κ1) is 14.1. The Morgan fingerprint density at radius 1 is 1.40 bits per heavy atom. The number of aliphatic imine (C=N–C) groups is 1. The highest BCUT2D eigenvalue weighted by Crippen LogP contribution is 2.23. The van der Waals surface area contributed by atoms with Crippen molar-refractivity contribution < 1.29 is 19.4 Å². The number of aromatic hydroxyl groups is 1. The summed E-state index contributed by atoms with van der Waals surface area (Å²) in [7, 11) is 0. The standard InChI is InChI=1S/C15H17NO4/c1-15(2,3)20-14(18)13-8-16-12(9-19-13)10-5-4-6-11(17)7-10/h4-9,13,17H,1-3H3. The van der Waals surface area contributed by atoms with Crippen LogP contribution < -0.4 is 0 Å². The van der Waals surface area contributed by atoms with Crippen molar-refractivity contribution in [2.75, 3.05) is 0 Å². The molecule has 0 aliphatic carbocycles. The van der Waals surface area contributed by atoms with Crippen molar-refractivity contribution in [3.8, 4) is 5.75 Å². The Labute approximate surface area is 117 Å². The highest BCUT2D eigenvalue weighted by atomic mass is 16.6. The zero-order chi connectivity index (χ0) is 14.8. The molecule has 1 aliphatic heterocycles. The van der Waals surface area contributed by atoms with E-state index in [2.05, 4.69) is 4.99 Å². The van der Waals surface area contributed by atoms with E-state index in [9.17, 15) is 9.90 Å². The number of benzene rings is 1. The van der Waals surface area contributed by atoms with Crippen molar-refractivity contribution >= 4 is 17.9 Å². The minimum Gasteiger partial charge on any atom is -0.508 e. The maximum atomic E-state index is 11.8. The normalized spacial score (nSPS) is 18.1. The van der Waals surface area contributed by atoms with Crippen LogP contribution in [0.2, 0.25) is 0 Å². The second-order valence-corrected chi connectivity index (χ2v) is 5.42. The van der Waals surface area contributed by atoms with Crippen LogP contribution in [-0.4, -0.2) is 29.0 Å². The quantitative estimate of drug-likeness (QED) is 0.842. The van der Waals surface area contributed by atoms with E-state index in [1.54, 1.807) is 45.0 Å². The first-order valence-electron chi connectivity index (χ1n) is 6.27. The number of rotatable bonds is 2. The van der Waals surface area contributed by atoms with Gasteiger partial charge >= 0.3 is 5.97 Å². The Morgan fingerprint density at radius 2 is 2.15 bits per heavy atom. The molecule has 5 heteroatoms. The van der Waals surface area contributed by atoms with E-state index in [1.807, 2.05) is 0 Å². The van der Waals surface area contributed by atoms with Crippen molar-refractivity contribution in [3.63, 3.8) is 0 Å². The van der Waals surface area contributed by atoms with Crippen LogP contribution in [0.4, 0.5) is 0 Å². The summed E-state index contributed by atoms with van der Waals surface area (Å²) < 4.78 is 10.5. The van der Waals surface area contributed by atoms with Gasteiger partial charge in [-0.15, -0.1) is 0 Å². The number of ether oxygens (including phenoxy) is 2. The number of nitrogens with zero attached hydrogens (tertiary/aromatic N) is 1. The third-order valence-electron chi connectivity index (χ3n) is 2.46. The van der Waals surface area contributed by atoms with E-state index in [1.165, 1.54) is 12.5 Å². The summed E-state index contributed by atoms with van der Waals surface area (Å²) >= 11 is 0. The zero-order valence-corrected chi connectivity index (χ0v) is 11.7. The van der Waals surface area contributed by atoms with E-state index < -0.39 is 17.7 Å². The molecule has 1 N–H and O–H groups in total. The number of carbonyl (C=O) groups is 1. The van der Waals surface area contributed by atoms with Gasteiger partial charge in [-0.1, -0.05) is 12.1 Å². The monoisotopic (exact) mass is 275 g/mol. The lowest BCUT2D eigenvalue weighted by molar-refractivity contribution is -0.161. The molecular formula is C15H17NO4. The topological polar surface area (TPSA) is 68.1 Å². The van der Waals surface area contributed by atoms with Gasteiger partial charge in [0.15, 0.2) is 0 Å². The zero-order valence-electron chi connectivity index (χ0n) is 11.7. The summed E-state index contributed by atoms with van der Waals surface area (Å²) in [5, 5.41) is 9.42. The average molecular weight is 275 g/mol. The number of phenols is 1. The fraction of sp³-hybridized carbons (Fsp3) is 0.333. The highest BCUT2D eigenvalue weighted by molar-refractivity contribution is 5.96. The number of esters is 1. The van der Waals surface area contributed by atoms with Crippen LogP contribution >= 0.6 is 0 Å². The molecule has 1 atom stereocenters. The Bertz CT molecular complexity index is 569. The summed E-state index contributed by atoms with van der Waals surface area (Å²) in [5.41, 5.74) is 0.688. The minimum atomic E-state index is -0.838. The van der Waals surface area contributed by atoms with Crippen molar-refractivity contribution in [1.29, 1.82) is 0 Å². The molecule has 0 saturated heterocycles. The van der Waals surface area contributed by atoms with E-state index in [0.717, 1.165) is 0 Å². The SMILES string of the molecule is CC(C)(C)OC(=O)C1C=NC(c2cccc(O)c2)=CO1. The van der Waals surface area contributed by atoms with Gasteiger partial charge in [-0.3, -0.25) is 4.99 Å². The first-order valence-corrected chi connectivity index (χ1v) is 6.27. The van der Waals surface area contributed by atoms with Crippen LogP contribution in [0.5, 0.6) is 5.75 Å². The van der Waals surface area contributed by atoms with Gasteiger partial charge in [-0.05, 0) is 32.9 Å². The Balaban J connectivity index is 2.05. The Hall–Kier alpha value is -2.30. The molecule has 0 spiro atoms. The number of hydrogen-bond donors (Lipinski definition) is 1. The molecule has 0 bridgehead atoms. The van der Waals surface area contributed by atoms with Gasteiger partial charge < -0.3 is 14.6 Å². The van der Waals surface area contributed by atoms with Crippen LogP contribution in [0, 0.1) is 0 Å². The predicted molar refractivity (Wildman–Crippen MR) is 75.3 cm³/mol. The van der Waals surface area contributed by atoms with Crippen LogP contribution in [0.25, 0.3) is 5.70 Å². The Morgan fingerprint density at radius 3 is 2.70 bits per heavy atom. The molecule has 106 valence electrons. The highest BCUT2D eigenvalue weighted by Gasteiger charge is 2.26. The van der Waals surface area contributed by atoms with Gasteiger partial charge in [-0.2, -0.15) is 0 Å². The molecule has 0 amide bonds. The molecule has 0 aromatic heterocycles. The lowest BCUT2D eigenvalue weighted by Crippen LogP contribution is -2.34. The molecule has 1 heterocycles. The third-order valence-corrected chi connectivity index (χ3v) is 2.46. The van der Waals surface area contributed by atoms with Crippen LogP contribution in [0.15, 0.2) is 35.5 Å². The summed E-state index contributed by atoms with van der Waals surface area (Å²) in [6, 6.07) is 6.64. The second-order valence-electron chi connectivity index (χ2n) is 5.42. The molecule has 0 radical (unpaired) electrons.